The van der Waals surface area contributed by atoms with Crippen LogP contribution in [0.3, 0.4) is 0 Å². The third kappa shape index (κ3) is 3.59. The highest BCUT2D eigenvalue weighted by atomic mass is 32.2. The molecular weight excluding hydrogens is 236 g/mol. The SMILES string of the molecule is CCS(=O)(=O)CCC1=C(C(F)F)NC[C]=C1. The average Bonchev–Trinajstić information content (AvgIpc) is 2.27. The van der Waals surface area contributed by atoms with Gasteiger partial charge in [-0.25, -0.2) is 17.2 Å². The van der Waals surface area contributed by atoms with Crippen molar-refractivity contribution in [2.45, 2.75) is 19.8 Å². The number of hydrogen-bond donors (Lipinski definition) is 1. The van der Waals surface area contributed by atoms with E-state index in [9.17, 15) is 17.2 Å². The second kappa shape index (κ2) is 5.43. The van der Waals surface area contributed by atoms with Crippen molar-refractivity contribution < 1.29 is 17.2 Å². The Kier molecular flexibility index (Phi) is 4.46. The monoisotopic (exact) mass is 250 g/mol. The summed E-state index contributed by atoms with van der Waals surface area (Å²) in [6.45, 7) is 1.78. The second-order valence-electron chi connectivity index (χ2n) is 3.43. The molecule has 0 aromatic heterocycles. The summed E-state index contributed by atoms with van der Waals surface area (Å²) in [6, 6.07) is 0. The minimum atomic E-state index is -3.12. The summed E-state index contributed by atoms with van der Waals surface area (Å²) in [7, 11) is -3.12. The molecule has 0 atom stereocenters. The number of allylic oxidation sites excluding steroid dienone is 3. The van der Waals surface area contributed by atoms with E-state index in [4.69, 9.17) is 0 Å². The van der Waals surface area contributed by atoms with Gasteiger partial charge in [0.25, 0.3) is 6.43 Å². The molecule has 0 aliphatic carbocycles. The predicted octanol–water partition coefficient (Wildman–Crippen LogP) is 1.29. The molecule has 0 spiro atoms. The van der Waals surface area contributed by atoms with Crippen molar-refractivity contribution in [3.8, 4) is 0 Å². The molecule has 0 unspecified atom stereocenters. The molecule has 0 amide bonds. The van der Waals surface area contributed by atoms with Crippen molar-refractivity contribution in [3.63, 3.8) is 0 Å². The first-order valence-electron chi connectivity index (χ1n) is 4.98. The topological polar surface area (TPSA) is 46.2 Å². The molecule has 0 aromatic carbocycles. The van der Waals surface area contributed by atoms with Crippen molar-refractivity contribution in [1.82, 2.24) is 5.32 Å². The van der Waals surface area contributed by atoms with Crippen LogP contribution >= 0.6 is 0 Å². The molecule has 1 N–H and O–H groups in total. The standard InChI is InChI=1S/C10H14F2NO2S/c1-2-16(14,15)7-5-8-4-3-6-13-9(8)10(11)12/h4,10,13H,2,5-7H2,1H3. The van der Waals surface area contributed by atoms with Gasteiger partial charge in [0.15, 0.2) is 0 Å². The second-order valence-corrected chi connectivity index (χ2v) is 5.90. The Hall–Kier alpha value is -0.910. The van der Waals surface area contributed by atoms with E-state index in [1.807, 2.05) is 0 Å². The van der Waals surface area contributed by atoms with E-state index in [0.29, 0.717) is 5.57 Å². The zero-order chi connectivity index (χ0) is 12.2. The summed E-state index contributed by atoms with van der Waals surface area (Å²) < 4.78 is 47.6. The highest BCUT2D eigenvalue weighted by Gasteiger charge is 2.18. The van der Waals surface area contributed by atoms with Gasteiger partial charge in [-0.15, -0.1) is 0 Å². The summed E-state index contributed by atoms with van der Waals surface area (Å²) in [4.78, 5) is 0. The maximum Gasteiger partial charge on any atom is 0.278 e. The van der Waals surface area contributed by atoms with Gasteiger partial charge < -0.3 is 5.32 Å². The van der Waals surface area contributed by atoms with Crippen LogP contribution in [0.4, 0.5) is 8.78 Å². The van der Waals surface area contributed by atoms with Crippen molar-refractivity contribution >= 4 is 9.84 Å². The normalized spacial score (nSPS) is 16.8. The van der Waals surface area contributed by atoms with Gasteiger partial charge in [0, 0.05) is 12.3 Å². The Morgan fingerprint density at radius 1 is 1.56 bits per heavy atom. The van der Waals surface area contributed by atoms with Gasteiger partial charge in [-0.3, -0.25) is 0 Å². The number of nitrogens with one attached hydrogen (secondary N) is 1. The Morgan fingerprint density at radius 3 is 2.81 bits per heavy atom. The number of alkyl halides is 2. The van der Waals surface area contributed by atoms with Crippen LogP contribution in [-0.2, 0) is 9.84 Å². The third-order valence-corrected chi connectivity index (χ3v) is 4.05. The Morgan fingerprint density at radius 2 is 2.25 bits per heavy atom. The van der Waals surface area contributed by atoms with E-state index in [-0.39, 0.29) is 30.2 Å². The molecule has 0 aromatic rings. The zero-order valence-electron chi connectivity index (χ0n) is 8.96. The maximum absolute atomic E-state index is 12.6. The molecule has 3 nitrogen and oxygen atoms in total. The summed E-state index contributed by atoms with van der Waals surface area (Å²) in [5.74, 6) is -0.0694. The fourth-order valence-electron chi connectivity index (χ4n) is 1.35. The molecular formula is C10H14F2NO2S. The Bertz CT molecular complexity index is 399. The lowest BCUT2D eigenvalue weighted by Crippen LogP contribution is -2.24. The lowest BCUT2D eigenvalue weighted by atomic mass is 10.1. The lowest BCUT2D eigenvalue weighted by Gasteiger charge is -2.17. The van der Waals surface area contributed by atoms with Crippen LogP contribution in [0, 0.1) is 6.08 Å². The fraction of sp³-hybridized carbons (Fsp3) is 0.600. The van der Waals surface area contributed by atoms with E-state index in [2.05, 4.69) is 11.4 Å². The summed E-state index contributed by atoms with van der Waals surface area (Å²) in [5, 5.41) is 2.52. The van der Waals surface area contributed by atoms with Gasteiger partial charge in [0.2, 0.25) is 0 Å². The third-order valence-electron chi connectivity index (χ3n) is 2.34. The van der Waals surface area contributed by atoms with Gasteiger partial charge in [0.05, 0.1) is 11.4 Å². The number of hydrogen-bond acceptors (Lipinski definition) is 3. The molecule has 1 rings (SSSR count). The highest BCUT2D eigenvalue weighted by Crippen LogP contribution is 2.18. The average molecular weight is 250 g/mol. The molecule has 1 aliphatic heterocycles. The molecule has 0 saturated carbocycles. The lowest BCUT2D eigenvalue weighted by molar-refractivity contribution is 0.179. The maximum atomic E-state index is 12.6. The van der Waals surface area contributed by atoms with Gasteiger partial charge in [0.1, 0.15) is 9.84 Å². The molecule has 6 heteroatoms. The van der Waals surface area contributed by atoms with Crippen molar-refractivity contribution in [3.05, 3.63) is 23.4 Å². The van der Waals surface area contributed by atoms with Crippen LogP contribution < -0.4 is 5.32 Å². The molecule has 0 bridgehead atoms. The van der Waals surface area contributed by atoms with Crippen molar-refractivity contribution in [1.29, 1.82) is 0 Å². The van der Waals surface area contributed by atoms with Crippen LogP contribution in [0.2, 0.25) is 0 Å². The number of sulfone groups is 1. The number of rotatable bonds is 5. The molecule has 16 heavy (non-hydrogen) atoms. The Balaban J connectivity index is 2.74. The largest absolute Gasteiger partial charge is 0.379 e. The predicted molar refractivity (Wildman–Crippen MR) is 57.8 cm³/mol. The molecule has 0 fully saturated rings. The summed E-state index contributed by atoms with van der Waals surface area (Å²) in [6.07, 6.45) is 1.71. The molecule has 1 aliphatic rings. The molecule has 1 heterocycles. The molecule has 0 saturated heterocycles. The van der Waals surface area contributed by atoms with Crippen LogP contribution in [0.1, 0.15) is 13.3 Å². The number of dihydropyridines is 1. The quantitative estimate of drug-likeness (QED) is 0.800. The van der Waals surface area contributed by atoms with Crippen molar-refractivity contribution in [2.24, 2.45) is 0 Å². The smallest absolute Gasteiger partial charge is 0.278 e. The first kappa shape index (κ1) is 13.2. The van der Waals surface area contributed by atoms with E-state index >= 15 is 0 Å². The van der Waals surface area contributed by atoms with E-state index in [0.717, 1.165) is 0 Å². The first-order valence-corrected chi connectivity index (χ1v) is 6.80. The van der Waals surface area contributed by atoms with Gasteiger partial charge in [-0.2, -0.15) is 0 Å². The summed E-state index contributed by atoms with van der Waals surface area (Å²) >= 11 is 0. The van der Waals surface area contributed by atoms with Gasteiger partial charge in [-0.05, 0) is 18.1 Å². The van der Waals surface area contributed by atoms with Crippen molar-refractivity contribution in [2.75, 3.05) is 18.1 Å². The van der Waals surface area contributed by atoms with Crippen LogP contribution in [0.25, 0.3) is 0 Å². The first-order chi connectivity index (χ1) is 7.46. The fourth-order valence-corrected chi connectivity index (χ4v) is 2.17. The molecule has 91 valence electrons. The minimum Gasteiger partial charge on any atom is -0.379 e. The van der Waals surface area contributed by atoms with Crippen LogP contribution in [-0.4, -0.2) is 32.9 Å². The highest BCUT2D eigenvalue weighted by molar-refractivity contribution is 7.91. The minimum absolute atomic E-state index is 0.0329. The summed E-state index contributed by atoms with van der Waals surface area (Å²) in [5.41, 5.74) is 0.156. The zero-order valence-corrected chi connectivity index (χ0v) is 9.78. The van der Waals surface area contributed by atoms with E-state index in [1.54, 1.807) is 6.92 Å². The number of halogens is 2. The van der Waals surface area contributed by atoms with Gasteiger partial charge in [-0.1, -0.05) is 13.0 Å². The van der Waals surface area contributed by atoms with E-state index in [1.165, 1.54) is 6.08 Å². The van der Waals surface area contributed by atoms with E-state index < -0.39 is 16.3 Å². The van der Waals surface area contributed by atoms with Crippen LogP contribution in [0.15, 0.2) is 17.3 Å². The Labute approximate surface area is 94.1 Å². The van der Waals surface area contributed by atoms with Gasteiger partial charge >= 0.3 is 0 Å². The van der Waals surface area contributed by atoms with Crippen LogP contribution in [0.5, 0.6) is 0 Å². The molecule has 1 radical (unpaired) electrons.